The van der Waals surface area contributed by atoms with E-state index in [0.29, 0.717) is 27.4 Å². The molecule has 0 radical (unpaired) electrons. The molecule has 0 aliphatic carbocycles. The SMILES string of the molecule is Nc1cccc(-c2nc(-c3ccncc3)nc3sc(C(=O)O)c(N)c23)c1.[K+].[OH-]. The van der Waals surface area contributed by atoms with Crippen LogP contribution in [-0.2, 0) is 0 Å². The van der Waals surface area contributed by atoms with Crippen LogP contribution in [0.3, 0.4) is 0 Å². The van der Waals surface area contributed by atoms with E-state index >= 15 is 0 Å². The Morgan fingerprint density at radius 1 is 1.04 bits per heavy atom. The molecule has 8 nitrogen and oxygen atoms in total. The Kier molecular flexibility index (Phi) is 7.23. The number of nitrogen functional groups attached to an aromatic ring is 2. The van der Waals surface area contributed by atoms with Crippen LogP contribution in [0.1, 0.15) is 9.67 Å². The number of benzene rings is 1. The average molecular weight is 420 g/mol. The number of anilines is 2. The van der Waals surface area contributed by atoms with Gasteiger partial charge in [0.2, 0.25) is 0 Å². The van der Waals surface area contributed by atoms with E-state index in [4.69, 9.17) is 11.5 Å². The quantitative estimate of drug-likeness (QED) is 0.312. The van der Waals surface area contributed by atoms with Gasteiger partial charge in [0.15, 0.2) is 5.82 Å². The number of hydrogen-bond donors (Lipinski definition) is 3. The van der Waals surface area contributed by atoms with Gasteiger partial charge in [-0.05, 0) is 24.3 Å². The van der Waals surface area contributed by atoms with Gasteiger partial charge in [0.1, 0.15) is 9.71 Å². The molecule has 0 saturated heterocycles. The number of nitrogens with zero attached hydrogens (tertiary/aromatic N) is 3. The van der Waals surface area contributed by atoms with Crippen molar-refractivity contribution in [3.63, 3.8) is 0 Å². The number of rotatable bonds is 3. The summed E-state index contributed by atoms with van der Waals surface area (Å²) in [5.74, 6) is -0.620. The predicted molar refractivity (Wildman–Crippen MR) is 104 cm³/mol. The third-order valence-electron chi connectivity index (χ3n) is 3.88. The van der Waals surface area contributed by atoms with Gasteiger partial charge in [-0.25, -0.2) is 14.8 Å². The monoisotopic (exact) mass is 419 g/mol. The minimum Gasteiger partial charge on any atom is -0.870 e. The molecule has 28 heavy (non-hydrogen) atoms. The van der Waals surface area contributed by atoms with Gasteiger partial charge in [-0.15, -0.1) is 11.3 Å². The van der Waals surface area contributed by atoms with E-state index in [9.17, 15) is 9.90 Å². The molecule has 0 atom stereocenters. The zero-order valence-corrected chi connectivity index (χ0v) is 18.8. The Bertz CT molecular complexity index is 1150. The molecule has 4 aromatic rings. The Morgan fingerprint density at radius 3 is 2.39 bits per heavy atom. The maximum Gasteiger partial charge on any atom is 1.00 e. The molecular weight excluding hydrogens is 405 g/mol. The van der Waals surface area contributed by atoms with Crippen LogP contribution in [0, 0.1) is 0 Å². The van der Waals surface area contributed by atoms with Crippen LogP contribution >= 0.6 is 11.3 Å². The molecule has 3 aromatic heterocycles. The van der Waals surface area contributed by atoms with Gasteiger partial charge in [-0.3, -0.25) is 4.98 Å². The van der Waals surface area contributed by atoms with Crippen molar-refractivity contribution in [2.75, 3.05) is 11.5 Å². The number of nitrogens with two attached hydrogens (primary N) is 2. The molecule has 136 valence electrons. The maximum atomic E-state index is 11.5. The molecule has 1 aromatic carbocycles. The Morgan fingerprint density at radius 2 is 1.75 bits per heavy atom. The summed E-state index contributed by atoms with van der Waals surface area (Å²) in [6.45, 7) is 0. The first-order chi connectivity index (χ1) is 12.5. The van der Waals surface area contributed by atoms with Crippen molar-refractivity contribution in [3.8, 4) is 22.6 Å². The van der Waals surface area contributed by atoms with Gasteiger partial charge in [0.05, 0.1) is 16.8 Å². The Balaban J connectivity index is 0.00000140. The van der Waals surface area contributed by atoms with Crippen molar-refractivity contribution in [1.29, 1.82) is 0 Å². The van der Waals surface area contributed by atoms with E-state index in [1.54, 1.807) is 36.7 Å². The molecule has 6 N–H and O–H groups in total. The largest absolute Gasteiger partial charge is 1.00 e. The van der Waals surface area contributed by atoms with Crippen LogP contribution in [-0.4, -0.2) is 31.5 Å². The van der Waals surface area contributed by atoms with E-state index in [1.165, 1.54) is 0 Å². The van der Waals surface area contributed by atoms with Gasteiger partial charge in [0, 0.05) is 29.2 Å². The second kappa shape index (κ2) is 9.05. The van der Waals surface area contributed by atoms with Crippen LogP contribution in [0.4, 0.5) is 11.4 Å². The fourth-order valence-electron chi connectivity index (χ4n) is 2.71. The Labute approximate surface area is 206 Å². The summed E-state index contributed by atoms with van der Waals surface area (Å²) in [6.07, 6.45) is 3.29. The van der Waals surface area contributed by atoms with E-state index in [1.807, 2.05) is 12.1 Å². The zero-order valence-electron chi connectivity index (χ0n) is 14.8. The third kappa shape index (κ3) is 4.08. The summed E-state index contributed by atoms with van der Waals surface area (Å²) in [5.41, 5.74) is 14.8. The summed E-state index contributed by atoms with van der Waals surface area (Å²) < 4.78 is 0. The Hall–Kier alpha value is -1.92. The van der Waals surface area contributed by atoms with Crippen molar-refractivity contribution < 1.29 is 66.8 Å². The predicted octanol–water partition coefficient (Wildman–Crippen LogP) is 0.110. The van der Waals surface area contributed by atoms with E-state index in [2.05, 4.69) is 15.0 Å². The summed E-state index contributed by atoms with van der Waals surface area (Å²) in [5, 5.41) is 9.94. The van der Waals surface area contributed by atoms with Crippen molar-refractivity contribution in [2.45, 2.75) is 0 Å². The van der Waals surface area contributed by atoms with Gasteiger partial charge < -0.3 is 22.1 Å². The minimum absolute atomic E-state index is 0. The maximum absolute atomic E-state index is 11.5. The molecule has 0 fully saturated rings. The van der Waals surface area contributed by atoms with Gasteiger partial charge >= 0.3 is 57.4 Å². The first kappa shape index (κ1) is 22.4. The molecule has 4 rings (SSSR count). The first-order valence-electron chi connectivity index (χ1n) is 7.64. The molecule has 3 heterocycles. The van der Waals surface area contributed by atoms with E-state index in [0.717, 1.165) is 22.5 Å². The van der Waals surface area contributed by atoms with Gasteiger partial charge in [-0.1, -0.05) is 12.1 Å². The topological polar surface area (TPSA) is 158 Å². The molecule has 0 unspecified atom stereocenters. The van der Waals surface area contributed by atoms with Crippen LogP contribution < -0.4 is 62.9 Å². The van der Waals surface area contributed by atoms with Crippen molar-refractivity contribution in [3.05, 3.63) is 53.7 Å². The van der Waals surface area contributed by atoms with Crippen LogP contribution in [0.5, 0.6) is 0 Å². The van der Waals surface area contributed by atoms with Gasteiger partial charge in [0.25, 0.3) is 0 Å². The fourth-order valence-corrected chi connectivity index (χ4v) is 3.64. The minimum atomic E-state index is -1.09. The normalized spacial score (nSPS) is 10.1. The molecule has 0 aliphatic heterocycles. The summed E-state index contributed by atoms with van der Waals surface area (Å²) >= 11 is 1.03. The van der Waals surface area contributed by atoms with Gasteiger partial charge in [-0.2, -0.15) is 0 Å². The standard InChI is InChI=1S/C18H13N5O2S.K.H2O/c19-11-3-1-2-10(8-11)14-12-13(20)15(18(24)25)26-17(12)23-16(22-14)9-4-6-21-7-5-9;;/h1-8H,19-20H2,(H,24,25);;1H2/q;+1;/p-1. The van der Waals surface area contributed by atoms with Crippen LogP contribution in [0.2, 0.25) is 0 Å². The molecule has 0 saturated carbocycles. The number of aromatic nitrogens is 3. The number of pyridine rings is 1. The van der Waals surface area contributed by atoms with E-state index < -0.39 is 5.97 Å². The zero-order chi connectivity index (χ0) is 18.3. The number of aromatic carboxylic acids is 1. The van der Waals surface area contributed by atoms with Crippen LogP contribution in [0.25, 0.3) is 32.9 Å². The van der Waals surface area contributed by atoms with Crippen LogP contribution in [0.15, 0.2) is 48.8 Å². The summed E-state index contributed by atoms with van der Waals surface area (Å²) in [6, 6.07) is 10.8. The number of fused-ring (bicyclic) bond motifs is 1. The van der Waals surface area contributed by atoms with Crippen molar-refractivity contribution >= 4 is 38.9 Å². The number of thiophene rings is 1. The molecule has 0 aliphatic rings. The molecule has 0 spiro atoms. The van der Waals surface area contributed by atoms with E-state index in [-0.39, 0.29) is 67.4 Å². The second-order valence-electron chi connectivity index (χ2n) is 5.59. The average Bonchev–Trinajstić information content (AvgIpc) is 2.99. The number of hydrogen-bond acceptors (Lipinski definition) is 8. The molecular formula is C18H14KN5O3S. The van der Waals surface area contributed by atoms with Crippen molar-refractivity contribution in [1.82, 2.24) is 15.0 Å². The molecule has 0 amide bonds. The fraction of sp³-hybridized carbons (Fsp3) is 0. The third-order valence-corrected chi connectivity index (χ3v) is 4.97. The number of carboxylic acids is 1. The smallest absolute Gasteiger partial charge is 0.870 e. The number of carbonyl (C=O) groups is 1. The molecule has 0 bridgehead atoms. The summed E-state index contributed by atoms with van der Waals surface area (Å²) in [4.78, 5) is 25.2. The molecule has 10 heteroatoms. The number of carboxylic acid groups (broad SMARTS) is 1. The summed E-state index contributed by atoms with van der Waals surface area (Å²) in [7, 11) is 0. The second-order valence-corrected chi connectivity index (χ2v) is 6.59. The first-order valence-corrected chi connectivity index (χ1v) is 8.46. The van der Waals surface area contributed by atoms with Crippen molar-refractivity contribution in [2.24, 2.45) is 0 Å².